The number of hydrogen-bond acceptors (Lipinski definition) is 3. The lowest BCUT2D eigenvalue weighted by Gasteiger charge is -2.17. The monoisotopic (exact) mass is 324 g/mol. The summed E-state index contributed by atoms with van der Waals surface area (Å²) < 4.78 is 11.5. The number of ketones is 1. The molecule has 0 saturated carbocycles. The highest BCUT2D eigenvalue weighted by molar-refractivity contribution is 5.80. The van der Waals surface area contributed by atoms with Crippen molar-refractivity contribution in [2.45, 2.75) is 38.5 Å². The minimum atomic E-state index is 0.334. The Morgan fingerprint density at radius 1 is 0.708 bits per heavy atom. The van der Waals surface area contributed by atoms with E-state index in [2.05, 4.69) is 24.3 Å². The summed E-state index contributed by atoms with van der Waals surface area (Å²) in [6.45, 7) is 0. The molecule has 0 amide bonds. The third-order valence-corrected chi connectivity index (χ3v) is 4.72. The normalized spacial score (nSPS) is 15.0. The number of methoxy groups -OCH3 is 2. The maximum Gasteiger partial charge on any atom is 0.133 e. The van der Waals surface area contributed by atoms with Gasteiger partial charge in [-0.15, -0.1) is 0 Å². The van der Waals surface area contributed by atoms with Crippen molar-refractivity contribution < 1.29 is 14.3 Å². The molecule has 1 aliphatic rings. The van der Waals surface area contributed by atoms with Gasteiger partial charge in [-0.1, -0.05) is 36.4 Å². The Bertz CT molecular complexity index is 734. The fourth-order valence-electron chi connectivity index (χ4n) is 3.51. The summed E-state index contributed by atoms with van der Waals surface area (Å²) in [4.78, 5) is 12.1. The van der Waals surface area contributed by atoms with E-state index in [1.807, 2.05) is 12.1 Å². The molecule has 0 aliphatic heterocycles. The van der Waals surface area contributed by atoms with Gasteiger partial charge in [-0.05, 0) is 36.8 Å². The first kappa shape index (κ1) is 16.6. The van der Waals surface area contributed by atoms with E-state index < -0.39 is 0 Å². The second kappa shape index (κ2) is 7.52. The maximum atomic E-state index is 12.1. The summed E-state index contributed by atoms with van der Waals surface area (Å²) >= 11 is 0. The van der Waals surface area contributed by atoms with Gasteiger partial charge in [0.25, 0.3) is 0 Å². The highest BCUT2D eigenvalue weighted by atomic mass is 16.5. The second-order valence-corrected chi connectivity index (χ2v) is 6.24. The molecule has 0 saturated heterocycles. The molecule has 1 aliphatic carbocycles. The molecule has 0 N–H and O–H groups in total. The van der Waals surface area contributed by atoms with Crippen molar-refractivity contribution in [3.8, 4) is 22.6 Å². The number of aryl methyl sites for hydroxylation is 2. The van der Waals surface area contributed by atoms with Gasteiger partial charge in [-0.25, -0.2) is 0 Å². The molecular weight excluding hydrogens is 300 g/mol. The lowest BCUT2D eigenvalue weighted by Crippen LogP contribution is -2.02. The van der Waals surface area contributed by atoms with Crippen molar-refractivity contribution in [2.75, 3.05) is 14.2 Å². The van der Waals surface area contributed by atoms with E-state index in [4.69, 9.17) is 9.47 Å². The van der Waals surface area contributed by atoms with Crippen LogP contribution in [0.15, 0.2) is 36.4 Å². The van der Waals surface area contributed by atoms with E-state index in [1.54, 1.807) is 14.2 Å². The van der Waals surface area contributed by atoms with Crippen molar-refractivity contribution in [1.82, 2.24) is 0 Å². The van der Waals surface area contributed by atoms with Crippen LogP contribution in [-0.4, -0.2) is 20.0 Å². The molecule has 2 aromatic carbocycles. The molecule has 3 nitrogen and oxygen atoms in total. The lowest BCUT2D eigenvalue weighted by atomic mass is 9.95. The number of ether oxygens (including phenoxy) is 2. The lowest BCUT2D eigenvalue weighted by molar-refractivity contribution is -0.119. The molecular formula is C21H24O3. The van der Waals surface area contributed by atoms with Crippen molar-refractivity contribution in [3.63, 3.8) is 0 Å². The van der Waals surface area contributed by atoms with E-state index in [9.17, 15) is 4.79 Å². The summed E-state index contributed by atoms with van der Waals surface area (Å²) in [7, 11) is 3.42. The average Bonchev–Trinajstić information content (AvgIpc) is 2.62. The quantitative estimate of drug-likeness (QED) is 0.810. The molecule has 0 unspecified atom stereocenters. The highest BCUT2D eigenvalue weighted by Gasteiger charge is 2.18. The van der Waals surface area contributed by atoms with E-state index in [0.29, 0.717) is 18.6 Å². The molecule has 4 bridgehead atoms. The molecule has 0 heterocycles. The van der Waals surface area contributed by atoms with Gasteiger partial charge < -0.3 is 9.47 Å². The van der Waals surface area contributed by atoms with Crippen LogP contribution in [0.5, 0.6) is 11.5 Å². The molecule has 0 fully saturated rings. The van der Waals surface area contributed by atoms with Gasteiger partial charge in [0, 0.05) is 24.0 Å². The van der Waals surface area contributed by atoms with Crippen LogP contribution in [-0.2, 0) is 17.6 Å². The third kappa shape index (κ3) is 3.30. The fraction of sp³-hybridized carbons (Fsp3) is 0.381. The number of carbonyl (C=O) groups excluding carboxylic acids is 1. The minimum Gasteiger partial charge on any atom is -0.496 e. The van der Waals surface area contributed by atoms with Crippen LogP contribution in [0, 0.1) is 0 Å². The molecule has 24 heavy (non-hydrogen) atoms. The zero-order valence-corrected chi connectivity index (χ0v) is 14.4. The van der Waals surface area contributed by atoms with Crippen molar-refractivity contribution >= 4 is 5.78 Å². The van der Waals surface area contributed by atoms with E-state index in [1.165, 1.54) is 5.56 Å². The zero-order chi connectivity index (χ0) is 16.9. The molecule has 3 rings (SSSR count). The minimum absolute atomic E-state index is 0.334. The van der Waals surface area contributed by atoms with Gasteiger partial charge in [-0.2, -0.15) is 0 Å². The van der Waals surface area contributed by atoms with Crippen LogP contribution >= 0.6 is 0 Å². The largest absolute Gasteiger partial charge is 0.496 e. The second-order valence-electron chi connectivity index (χ2n) is 6.24. The van der Waals surface area contributed by atoms with Gasteiger partial charge in [0.1, 0.15) is 17.3 Å². The van der Waals surface area contributed by atoms with Crippen LogP contribution in [0.3, 0.4) is 0 Å². The van der Waals surface area contributed by atoms with Crippen molar-refractivity contribution in [1.29, 1.82) is 0 Å². The fourth-order valence-corrected chi connectivity index (χ4v) is 3.51. The number of para-hydroxylation sites is 2. The molecule has 0 radical (unpaired) electrons. The summed E-state index contributed by atoms with van der Waals surface area (Å²) in [6, 6.07) is 12.4. The van der Waals surface area contributed by atoms with Crippen LogP contribution < -0.4 is 9.47 Å². The van der Waals surface area contributed by atoms with Crippen LogP contribution in [0.2, 0.25) is 0 Å². The maximum absolute atomic E-state index is 12.1. The average molecular weight is 324 g/mol. The Morgan fingerprint density at radius 2 is 1.25 bits per heavy atom. The highest BCUT2D eigenvalue weighted by Crippen LogP contribution is 2.41. The third-order valence-electron chi connectivity index (χ3n) is 4.72. The number of hydrogen-bond donors (Lipinski definition) is 0. The number of Topliss-reactive ketones (excluding diaryl/α,β-unsaturated/α-hetero) is 1. The molecule has 2 aromatic rings. The summed E-state index contributed by atoms with van der Waals surface area (Å²) in [6.07, 6.45) is 4.81. The van der Waals surface area contributed by atoms with Gasteiger partial charge in [0.15, 0.2) is 0 Å². The van der Waals surface area contributed by atoms with E-state index in [-0.39, 0.29) is 0 Å². The van der Waals surface area contributed by atoms with E-state index in [0.717, 1.165) is 53.9 Å². The standard InChI is InChI=1S/C21H24O3/c1-23-20-15-7-3-4-10-17(22)14-13-16-9-6-12-19(21(16)24-2)18(20)11-5-8-15/h5-6,8-9,11-12H,3-4,7,10,13-14H2,1-2H3. The number of rotatable bonds is 2. The van der Waals surface area contributed by atoms with Gasteiger partial charge >= 0.3 is 0 Å². The number of benzene rings is 2. The predicted octanol–water partition coefficient (Wildman–Crippen LogP) is 4.60. The molecule has 0 atom stereocenters. The first-order valence-electron chi connectivity index (χ1n) is 8.58. The summed E-state index contributed by atoms with van der Waals surface area (Å²) in [5.41, 5.74) is 4.35. The van der Waals surface area contributed by atoms with Gasteiger partial charge in [0.05, 0.1) is 14.2 Å². The predicted molar refractivity (Wildman–Crippen MR) is 95.9 cm³/mol. The first-order valence-corrected chi connectivity index (χ1v) is 8.58. The smallest absolute Gasteiger partial charge is 0.133 e. The number of fused-ring (bicyclic) bond motifs is 5. The Morgan fingerprint density at radius 3 is 1.83 bits per heavy atom. The van der Waals surface area contributed by atoms with Crippen molar-refractivity contribution in [2.24, 2.45) is 0 Å². The van der Waals surface area contributed by atoms with Gasteiger partial charge in [-0.3, -0.25) is 4.79 Å². The first-order chi connectivity index (χ1) is 11.7. The molecule has 0 spiro atoms. The molecule has 126 valence electrons. The SMILES string of the molecule is COc1c2cccc1-c1cccc(c1OC)CCC(=O)CCCC2. The van der Waals surface area contributed by atoms with Crippen LogP contribution in [0.25, 0.3) is 11.1 Å². The number of carbonyl (C=O) groups is 1. The van der Waals surface area contributed by atoms with E-state index >= 15 is 0 Å². The zero-order valence-electron chi connectivity index (χ0n) is 14.4. The Labute approximate surface area is 143 Å². The summed E-state index contributed by atoms with van der Waals surface area (Å²) in [5, 5.41) is 0. The van der Waals surface area contributed by atoms with Crippen LogP contribution in [0.1, 0.15) is 36.8 Å². The van der Waals surface area contributed by atoms with Crippen LogP contribution in [0.4, 0.5) is 0 Å². The summed E-state index contributed by atoms with van der Waals surface area (Å²) in [5.74, 6) is 2.10. The molecule has 0 aromatic heterocycles. The Hall–Kier alpha value is -2.29. The molecule has 3 heteroatoms. The Balaban J connectivity index is 2.17. The Kier molecular flexibility index (Phi) is 5.19. The topological polar surface area (TPSA) is 35.5 Å². The van der Waals surface area contributed by atoms with Gasteiger partial charge in [0.2, 0.25) is 0 Å². The van der Waals surface area contributed by atoms with Crippen molar-refractivity contribution in [3.05, 3.63) is 47.5 Å².